The summed E-state index contributed by atoms with van der Waals surface area (Å²) in [6.45, 7) is 6.79. The highest BCUT2D eigenvalue weighted by Gasteiger charge is 2.13. The van der Waals surface area contributed by atoms with Crippen molar-refractivity contribution in [3.8, 4) is 5.75 Å². The van der Waals surface area contributed by atoms with Crippen molar-refractivity contribution < 1.29 is 9.53 Å². The first-order valence-corrected chi connectivity index (χ1v) is 8.79. The minimum Gasteiger partial charge on any atom is -0.491 e. The molecule has 1 aromatic rings. The molecule has 0 aliphatic rings. The fraction of sp³-hybridized carbons (Fsp3) is 0.500. The average molecular weight is 539 g/mol. The number of amides is 1. The Morgan fingerprint density at radius 2 is 1.86 bits per heavy atom. The molecule has 120 valence electrons. The predicted molar refractivity (Wildman–Crippen MR) is 105 cm³/mol. The summed E-state index contributed by atoms with van der Waals surface area (Å²) in [5.74, 6) is 0.739. The minimum atomic E-state index is -0.130. The lowest BCUT2D eigenvalue weighted by Gasteiger charge is -2.13. The van der Waals surface area contributed by atoms with Gasteiger partial charge in [-0.25, -0.2) is 5.43 Å². The van der Waals surface area contributed by atoms with Crippen molar-refractivity contribution in [2.24, 2.45) is 0 Å². The van der Waals surface area contributed by atoms with Crippen LogP contribution in [-0.4, -0.2) is 18.6 Å². The third-order valence-corrected chi connectivity index (χ3v) is 4.08. The summed E-state index contributed by atoms with van der Waals surface area (Å²) >= 11 is 4.42. The number of carbonyl (C=O) groups is 1. The van der Waals surface area contributed by atoms with Gasteiger partial charge in [0.05, 0.1) is 13.7 Å². The van der Waals surface area contributed by atoms with Crippen LogP contribution in [0.5, 0.6) is 5.75 Å². The summed E-state index contributed by atoms with van der Waals surface area (Å²) in [6.07, 6.45) is 2.14. The van der Waals surface area contributed by atoms with Crippen molar-refractivity contribution >= 4 is 63.5 Å². The first-order chi connectivity index (χ1) is 9.45. The van der Waals surface area contributed by atoms with Gasteiger partial charge in [0, 0.05) is 11.6 Å². The number of rotatable bonds is 7. The molecule has 2 N–H and O–H groups in total. The van der Waals surface area contributed by atoms with E-state index in [1.807, 2.05) is 26.0 Å². The summed E-state index contributed by atoms with van der Waals surface area (Å²) in [6, 6.07) is 3.90. The van der Waals surface area contributed by atoms with Crippen LogP contribution in [0.25, 0.3) is 0 Å². The van der Waals surface area contributed by atoms with Crippen LogP contribution in [0, 0.1) is 7.14 Å². The van der Waals surface area contributed by atoms with Gasteiger partial charge in [-0.05, 0) is 77.6 Å². The molecule has 0 unspecified atom stereocenters. The molecule has 1 amide bonds. The average Bonchev–Trinajstić information content (AvgIpc) is 2.38. The Morgan fingerprint density at radius 1 is 1.29 bits per heavy atom. The van der Waals surface area contributed by atoms with Crippen molar-refractivity contribution in [1.29, 1.82) is 0 Å². The SMILES string of the molecule is CCCCOc1c(I)cc(C(=O)NNC(C)C)cc1I.Cl. The smallest absolute Gasteiger partial charge is 0.265 e. The third-order valence-electron chi connectivity index (χ3n) is 2.48. The number of benzene rings is 1. The zero-order valence-electron chi connectivity index (χ0n) is 12.3. The maximum atomic E-state index is 12.0. The number of hydrogen-bond donors (Lipinski definition) is 2. The monoisotopic (exact) mass is 538 g/mol. The van der Waals surface area contributed by atoms with Gasteiger partial charge in [-0.3, -0.25) is 10.2 Å². The second-order valence-corrected chi connectivity index (χ2v) is 7.05. The Bertz CT molecular complexity index is 447. The molecule has 0 saturated heterocycles. The van der Waals surface area contributed by atoms with E-state index in [9.17, 15) is 4.79 Å². The van der Waals surface area contributed by atoms with E-state index in [4.69, 9.17) is 4.74 Å². The molecular weight excluding hydrogens is 517 g/mol. The summed E-state index contributed by atoms with van der Waals surface area (Å²) in [5, 5.41) is 0. The van der Waals surface area contributed by atoms with Gasteiger partial charge in [0.2, 0.25) is 0 Å². The lowest BCUT2D eigenvalue weighted by molar-refractivity contribution is 0.0927. The summed E-state index contributed by atoms with van der Waals surface area (Å²) in [7, 11) is 0. The van der Waals surface area contributed by atoms with Crippen LogP contribution in [0.3, 0.4) is 0 Å². The van der Waals surface area contributed by atoms with Crippen LogP contribution in [0.15, 0.2) is 12.1 Å². The van der Waals surface area contributed by atoms with Gasteiger partial charge in [-0.15, -0.1) is 12.4 Å². The summed E-state index contributed by atoms with van der Waals surface area (Å²) in [5.41, 5.74) is 6.23. The first kappa shape index (κ1) is 21.2. The lowest BCUT2D eigenvalue weighted by atomic mass is 10.2. The number of hydrogen-bond acceptors (Lipinski definition) is 3. The number of nitrogens with one attached hydrogen (secondary N) is 2. The number of halogens is 3. The predicted octanol–water partition coefficient (Wildman–Crippen LogP) is 4.14. The quantitative estimate of drug-likeness (QED) is 0.312. The zero-order valence-corrected chi connectivity index (χ0v) is 17.5. The van der Waals surface area contributed by atoms with E-state index in [2.05, 4.69) is 63.0 Å². The van der Waals surface area contributed by atoms with Crippen LogP contribution in [0.1, 0.15) is 44.0 Å². The fourth-order valence-corrected chi connectivity index (χ4v) is 3.51. The highest BCUT2D eigenvalue weighted by atomic mass is 127. The standard InChI is InChI=1S/C14H20I2N2O2.ClH/c1-4-5-6-20-13-11(15)7-10(8-12(13)16)14(19)18-17-9(2)3;/h7-9,17H,4-6H2,1-3H3,(H,18,19);1H. The molecule has 0 aliphatic heterocycles. The lowest BCUT2D eigenvalue weighted by Crippen LogP contribution is -2.41. The van der Waals surface area contributed by atoms with E-state index < -0.39 is 0 Å². The van der Waals surface area contributed by atoms with Gasteiger partial charge in [-0.1, -0.05) is 13.3 Å². The molecular formula is C14H21ClI2N2O2. The van der Waals surface area contributed by atoms with Crippen LogP contribution >= 0.6 is 57.6 Å². The Labute approximate surface area is 159 Å². The molecule has 0 aromatic heterocycles. The zero-order chi connectivity index (χ0) is 15.1. The molecule has 0 spiro atoms. The maximum Gasteiger partial charge on any atom is 0.265 e. The van der Waals surface area contributed by atoms with Gasteiger partial charge >= 0.3 is 0 Å². The second-order valence-electron chi connectivity index (χ2n) is 4.72. The van der Waals surface area contributed by atoms with Gasteiger partial charge in [0.25, 0.3) is 5.91 Å². The van der Waals surface area contributed by atoms with Crippen LogP contribution < -0.4 is 15.6 Å². The van der Waals surface area contributed by atoms with E-state index >= 15 is 0 Å². The second kappa shape index (κ2) is 10.8. The summed E-state index contributed by atoms with van der Waals surface area (Å²) < 4.78 is 7.70. The summed E-state index contributed by atoms with van der Waals surface area (Å²) in [4.78, 5) is 12.0. The van der Waals surface area contributed by atoms with Gasteiger partial charge < -0.3 is 4.74 Å². The van der Waals surface area contributed by atoms with Gasteiger partial charge in [0.15, 0.2) is 0 Å². The fourth-order valence-electron chi connectivity index (χ4n) is 1.43. The first-order valence-electron chi connectivity index (χ1n) is 6.63. The number of hydrazine groups is 1. The maximum absolute atomic E-state index is 12.0. The highest BCUT2D eigenvalue weighted by Crippen LogP contribution is 2.29. The van der Waals surface area contributed by atoms with Crippen molar-refractivity contribution in [2.45, 2.75) is 39.7 Å². The number of ether oxygens (including phenoxy) is 1. The van der Waals surface area contributed by atoms with E-state index in [1.165, 1.54) is 0 Å². The van der Waals surface area contributed by atoms with Crippen LogP contribution in [-0.2, 0) is 0 Å². The number of carbonyl (C=O) groups excluding carboxylic acids is 1. The van der Waals surface area contributed by atoms with Crippen molar-refractivity contribution in [3.63, 3.8) is 0 Å². The molecule has 0 heterocycles. The molecule has 0 saturated carbocycles. The molecule has 0 bridgehead atoms. The van der Waals surface area contributed by atoms with Crippen LogP contribution in [0.2, 0.25) is 0 Å². The molecule has 4 nitrogen and oxygen atoms in total. The van der Waals surface area contributed by atoms with Crippen molar-refractivity contribution in [3.05, 3.63) is 24.8 Å². The van der Waals surface area contributed by atoms with Crippen molar-refractivity contribution in [1.82, 2.24) is 10.9 Å². The molecule has 0 radical (unpaired) electrons. The Hall–Kier alpha value is 0.200. The molecule has 7 heteroatoms. The minimum absolute atomic E-state index is 0. The van der Waals surface area contributed by atoms with E-state index in [1.54, 1.807) is 0 Å². The topological polar surface area (TPSA) is 50.4 Å². The van der Waals surface area contributed by atoms with Crippen molar-refractivity contribution in [2.75, 3.05) is 6.61 Å². The Balaban J connectivity index is 0.00000400. The van der Waals surface area contributed by atoms with Gasteiger partial charge in [-0.2, -0.15) is 0 Å². The molecule has 1 rings (SSSR count). The molecule has 1 aromatic carbocycles. The third kappa shape index (κ3) is 7.34. The Kier molecular flexibility index (Phi) is 11.0. The molecule has 0 aliphatic carbocycles. The largest absolute Gasteiger partial charge is 0.491 e. The van der Waals surface area contributed by atoms with E-state index in [0.29, 0.717) is 12.2 Å². The molecule has 0 fully saturated rings. The molecule has 0 atom stereocenters. The highest BCUT2D eigenvalue weighted by molar-refractivity contribution is 14.1. The van der Waals surface area contributed by atoms with Gasteiger partial charge in [0.1, 0.15) is 5.75 Å². The van der Waals surface area contributed by atoms with Crippen LogP contribution in [0.4, 0.5) is 0 Å². The van der Waals surface area contributed by atoms with E-state index in [-0.39, 0.29) is 24.4 Å². The Morgan fingerprint density at radius 3 is 2.33 bits per heavy atom. The molecule has 21 heavy (non-hydrogen) atoms. The normalized spacial score (nSPS) is 10.2. The van der Waals surface area contributed by atoms with E-state index in [0.717, 1.165) is 25.7 Å². The number of unbranched alkanes of at least 4 members (excludes halogenated alkanes) is 1.